The maximum absolute atomic E-state index is 11.9. The predicted molar refractivity (Wildman–Crippen MR) is 72.6 cm³/mol. The Morgan fingerprint density at radius 3 is 2.68 bits per heavy atom. The second-order valence-corrected chi connectivity index (χ2v) is 5.63. The molecule has 0 aromatic heterocycles. The zero-order chi connectivity index (χ0) is 13.9. The first-order valence-electron chi connectivity index (χ1n) is 6.65. The number of aliphatic hydroxyl groups is 1. The van der Waals surface area contributed by atoms with Gasteiger partial charge in [0.2, 0.25) is 0 Å². The minimum absolute atomic E-state index is 0.122. The Morgan fingerprint density at radius 1 is 1.42 bits per heavy atom. The zero-order valence-corrected chi connectivity index (χ0v) is 11.5. The normalized spacial score (nSPS) is 19.5. The lowest BCUT2D eigenvalue weighted by Gasteiger charge is -2.25. The van der Waals surface area contributed by atoms with Gasteiger partial charge in [-0.1, -0.05) is 30.3 Å². The highest BCUT2D eigenvalue weighted by atomic mass is 16.6. The van der Waals surface area contributed by atoms with Gasteiger partial charge in [0.1, 0.15) is 6.61 Å². The van der Waals surface area contributed by atoms with Crippen molar-refractivity contribution < 1.29 is 14.6 Å². The summed E-state index contributed by atoms with van der Waals surface area (Å²) in [6.45, 7) is 5.09. The number of benzene rings is 1. The van der Waals surface area contributed by atoms with Crippen molar-refractivity contribution in [2.45, 2.75) is 32.5 Å². The summed E-state index contributed by atoms with van der Waals surface area (Å²) < 4.78 is 5.28. The lowest BCUT2D eigenvalue weighted by atomic mass is 9.91. The molecule has 104 valence electrons. The minimum atomic E-state index is -0.742. The quantitative estimate of drug-likeness (QED) is 0.911. The Morgan fingerprint density at radius 2 is 2.11 bits per heavy atom. The molecule has 1 aliphatic heterocycles. The van der Waals surface area contributed by atoms with Crippen LogP contribution in [-0.2, 0) is 11.3 Å². The van der Waals surface area contributed by atoms with E-state index in [9.17, 15) is 9.90 Å². The van der Waals surface area contributed by atoms with Gasteiger partial charge in [-0.15, -0.1) is 0 Å². The van der Waals surface area contributed by atoms with E-state index in [0.29, 0.717) is 19.7 Å². The molecule has 1 atom stereocenters. The predicted octanol–water partition coefficient (Wildman–Crippen LogP) is 2.42. The number of rotatable bonds is 3. The average molecular weight is 263 g/mol. The Hall–Kier alpha value is -1.55. The van der Waals surface area contributed by atoms with Crippen molar-refractivity contribution in [3.05, 3.63) is 35.9 Å². The first kappa shape index (κ1) is 13.9. The van der Waals surface area contributed by atoms with E-state index in [-0.39, 0.29) is 12.0 Å². The molecule has 4 nitrogen and oxygen atoms in total. The highest BCUT2D eigenvalue weighted by molar-refractivity contribution is 5.68. The molecular formula is C15H21NO3. The molecular weight excluding hydrogens is 242 g/mol. The van der Waals surface area contributed by atoms with Crippen molar-refractivity contribution in [3.63, 3.8) is 0 Å². The summed E-state index contributed by atoms with van der Waals surface area (Å²) in [4.78, 5) is 13.6. The molecule has 1 N–H and O–H groups in total. The van der Waals surface area contributed by atoms with Crippen LogP contribution in [0.25, 0.3) is 0 Å². The molecule has 19 heavy (non-hydrogen) atoms. The van der Waals surface area contributed by atoms with Crippen LogP contribution < -0.4 is 0 Å². The van der Waals surface area contributed by atoms with Gasteiger partial charge in [0.05, 0.1) is 5.60 Å². The molecule has 0 unspecified atom stereocenters. The number of likely N-dealkylation sites (tertiary alicyclic amines) is 1. The third-order valence-corrected chi connectivity index (χ3v) is 3.65. The van der Waals surface area contributed by atoms with Crippen molar-refractivity contribution in [1.29, 1.82) is 0 Å². The molecule has 0 saturated carbocycles. The maximum atomic E-state index is 11.9. The summed E-state index contributed by atoms with van der Waals surface area (Å²) in [5.41, 5.74) is 0.239. The monoisotopic (exact) mass is 263 g/mol. The first-order chi connectivity index (χ1) is 8.97. The van der Waals surface area contributed by atoms with E-state index in [2.05, 4.69) is 0 Å². The summed E-state index contributed by atoms with van der Waals surface area (Å²) in [7, 11) is 0. The molecule has 0 aliphatic carbocycles. The molecule has 0 spiro atoms. The van der Waals surface area contributed by atoms with Crippen molar-refractivity contribution >= 4 is 6.09 Å². The second kappa shape index (κ2) is 5.61. The van der Waals surface area contributed by atoms with Crippen molar-refractivity contribution in [2.24, 2.45) is 5.92 Å². The van der Waals surface area contributed by atoms with Crippen LogP contribution in [0.2, 0.25) is 0 Å². The van der Waals surface area contributed by atoms with Crippen molar-refractivity contribution in [3.8, 4) is 0 Å². The van der Waals surface area contributed by atoms with E-state index >= 15 is 0 Å². The summed E-state index contributed by atoms with van der Waals surface area (Å²) in [6.07, 6.45) is 0.528. The Balaban J connectivity index is 1.82. The molecule has 2 rings (SSSR count). The fraction of sp³-hybridized carbons (Fsp3) is 0.533. The van der Waals surface area contributed by atoms with Gasteiger partial charge >= 0.3 is 6.09 Å². The first-order valence-corrected chi connectivity index (χ1v) is 6.65. The molecule has 1 aliphatic rings. The maximum Gasteiger partial charge on any atom is 0.410 e. The highest BCUT2D eigenvalue weighted by Crippen LogP contribution is 2.27. The van der Waals surface area contributed by atoms with Crippen LogP contribution >= 0.6 is 0 Å². The van der Waals surface area contributed by atoms with E-state index in [1.54, 1.807) is 18.7 Å². The Kier molecular flexibility index (Phi) is 4.10. The van der Waals surface area contributed by atoms with E-state index in [1.807, 2.05) is 30.3 Å². The molecule has 1 fully saturated rings. The van der Waals surface area contributed by atoms with E-state index in [4.69, 9.17) is 4.74 Å². The number of hydrogen-bond donors (Lipinski definition) is 1. The van der Waals surface area contributed by atoms with E-state index < -0.39 is 5.60 Å². The van der Waals surface area contributed by atoms with Crippen LogP contribution in [0.3, 0.4) is 0 Å². The molecule has 1 saturated heterocycles. The lowest BCUT2D eigenvalue weighted by Crippen LogP contribution is -2.35. The highest BCUT2D eigenvalue weighted by Gasteiger charge is 2.35. The van der Waals surface area contributed by atoms with Gasteiger partial charge in [-0.2, -0.15) is 0 Å². The Labute approximate surface area is 114 Å². The fourth-order valence-corrected chi connectivity index (χ4v) is 2.31. The van der Waals surface area contributed by atoms with Crippen LogP contribution in [0.4, 0.5) is 4.79 Å². The lowest BCUT2D eigenvalue weighted by molar-refractivity contribution is 0.0203. The molecule has 1 heterocycles. The topological polar surface area (TPSA) is 49.8 Å². The van der Waals surface area contributed by atoms with E-state index in [1.165, 1.54) is 0 Å². The largest absolute Gasteiger partial charge is 0.445 e. The number of carbonyl (C=O) groups is 1. The van der Waals surface area contributed by atoms with Gasteiger partial charge in [-0.3, -0.25) is 0 Å². The molecule has 1 aromatic carbocycles. The van der Waals surface area contributed by atoms with Crippen LogP contribution in [0, 0.1) is 5.92 Å². The summed E-state index contributed by atoms with van der Waals surface area (Å²) in [6, 6.07) is 9.63. The van der Waals surface area contributed by atoms with Gasteiger partial charge in [-0.25, -0.2) is 4.79 Å². The summed E-state index contributed by atoms with van der Waals surface area (Å²) in [5.74, 6) is 0.122. The van der Waals surface area contributed by atoms with Gasteiger partial charge < -0.3 is 14.7 Å². The molecule has 1 amide bonds. The van der Waals surface area contributed by atoms with Crippen LogP contribution in [0.5, 0.6) is 0 Å². The number of ether oxygens (including phenoxy) is 1. The molecule has 4 heteroatoms. The van der Waals surface area contributed by atoms with Crippen LogP contribution in [-0.4, -0.2) is 34.8 Å². The number of hydrogen-bond acceptors (Lipinski definition) is 3. The zero-order valence-electron chi connectivity index (χ0n) is 11.5. The van der Waals surface area contributed by atoms with Crippen molar-refractivity contribution in [1.82, 2.24) is 4.90 Å². The molecule has 0 radical (unpaired) electrons. The number of amides is 1. The smallest absolute Gasteiger partial charge is 0.410 e. The van der Waals surface area contributed by atoms with Gasteiger partial charge in [0.25, 0.3) is 0 Å². The Bertz CT molecular complexity index is 425. The van der Waals surface area contributed by atoms with Crippen molar-refractivity contribution in [2.75, 3.05) is 13.1 Å². The summed E-state index contributed by atoms with van der Waals surface area (Å²) >= 11 is 0. The van der Waals surface area contributed by atoms with Crippen LogP contribution in [0.1, 0.15) is 25.8 Å². The average Bonchev–Trinajstić information content (AvgIpc) is 2.87. The van der Waals surface area contributed by atoms with Gasteiger partial charge in [0, 0.05) is 19.0 Å². The van der Waals surface area contributed by atoms with Crippen LogP contribution in [0.15, 0.2) is 30.3 Å². The third-order valence-electron chi connectivity index (χ3n) is 3.65. The number of nitrogens with zero attached hydrogens (tertiary/aromatic N) is 1. The molecule has 1 aromatic rings. The van der Waals surface area contributed by atoms with E-state index in [0.717, 1.165) is 12.0 Å². The third kappa shape index (κ3) is 3.70. The standard InChI is InChI=1S/C15H21NO3/c1-15(2,18)13-8-9-16(10-13)14(17)19-11-12-6-4-3-5-7-12/h3-7,13,18H,8-11H2,1-2H3/t13-/m1/s1. The van der Waals surface area contributed by atoms with Gasteiger partial charge in [0.15, 0.2) is 0 Å². The second-order valence-electron chi connectivity index (χ2n) is 5.63. The fourth-order valence-electron chi connectivity index (χ4n) is 2.31. The minimum Gasteiger partial charge on any atom is -0.445 e. The SMILES string of the molecule is CC(C)(O)[C@@H]1CCN(C(=O)OCc2ccccc2)C1. The summed E-state index contributed by atoms with van der Waals surface area (Å²) in [5, 5.41) is 9.95. The van der Waals surface area contributed by atoms with Gasteiger partial charge in [-0.05, 0) is 25.8 Å². The molecule has 0 bridgehead atoms. The number of carbonyl (C=O) groups excluding carboxylic acids is 1.